The van der Waals surface area contributed by atoms with Crippen molar-refractivity contribution in [1.82, 2.24) is 10.3 Å². The topological polar surface area (TPSA) is 24.9 Å². The Morgan fingerprint density at radius 3 is 2.50 bits per heavy atom. The van der Waals surface area contributed by atoms with Crippen molar-refractivity contribution in [3.63, 3.8) is 0 Å². The van der Waals surface area contributed by atoms with Crippen molar-refractivity contribution in [2.75, 3.05) is 0 Å². The van der Waals surface area contributed by atoms with Crippen LogP contribution in [-0.4, -0.2) is 11.0 Å². The summed E-state index contributed by atoms with van der Waals surface area (Å²) in [5.41, 5.74) is 1.16. The van der Waals surface area contributed by atoms with Gasteiger partial charge < -0.3 is 5.32 Å². The summed E-state index contributed by atoms with van der Waals surface area (Å²) in [5, 5.41) is 3.64. The maximum Gasteiger partial charge on any atom is 0.0541 e. The van der Waals surface area contributed by atoms with Crippen LogP contribution in [0.5, 0.6) is 0 Å². The molecular formula is C14H22N2. The average Bonchev–Trinajstić information content (AvgIpc) is 2.29. The minimum absolute atomic E-state index is 0.710. The normalized spacial score (nSPS) is 19.0. The van der Waals surface area contributed by atoms with E-state index in [2.05, 4.69) is 22.4 Å². The maximum atomic E-state index is 4.34. The quantitative estimate of drug-likeness (QED) is 0.842. The van der Waals surface area contributed by atoms with Crippen LogP contribution in [0.25, 0.3) is 0 Å². The lowest BCUT2D eigenvalue weighted by molar-refractivity contribution is 0.387. The van der Waals surface area contributed by atoms with Gasteiger partial charge >= 0.3 is 0 Å². The molecular weight excluding hydrogens is 196 g/mol. The molecule has 2 heteroatoms. The summed E-state index contributed by atoms with van der Waals surface area (Å²) in [6.45, 7) is 0.922. The third kappa shape index (κ3) is 3.93. The Morgan fingerprint density at radius 2 is 1.81 bits per heavy atom. The zero-order chi connectivity index (χ0) is 11.1. The van der Waals surface area contributed by atoms with Crippen molar-refractivity contribution in [2.24, 2.45) is 0 Å². The molecule has 1 aliphatic carbocycles. The molecule has 1 aromatic rings. The van der Waals surface area contributed by atoms with Gasteiger partial charge in [-0.15, -0.1) is 0 Å². The van der Waals surface area contributed by atoms with Crippen LogP contribution in [0, 0.1) is 0 Å². The number of rotatable bonds is 3. The molecule has 1 heterocycles. The molecule has 1 fully saturated rings. The molecule has 0 bridgehead atoms. The van der Waals surface area contributed by atoms with Crippen LogP contribution in [0.4, 0.5) is 0 Å². The van der Waals surface area contributed by atoms with Gasteiger partial charge in [0, 0.05) is 18.8 Å². The minimum atomic E-state index is 0.710. The van der Waals surface area contributed by atoms with E-state index in [1.165, 1.54) is 44.9 Å². The first-order valence-corrected chi connectivity index (χ1v) is 6.58. The lowest BCUT2D eigenvalue weighted by Gasteiger charge is -2.20. The first-order chi connectivity index (χ1) is 7.95. The second-order valence-electron chi connectivity index (χ2n) is 4.74. The average molecular weight is 218 g/mol. The highest BCUT2D eigenvalue weighted by Gasteiger charge is 2.10. The van der Waals surface area contributed by atoms with Crippen molar-refractivity contribution in [3.05, 3.63) is 30.1 Å². The number of hydrogen-bond donors (Lipinski definition) is 1. The summed E-state index contributed by atoms with van der Waals surface area (Å²) in [7, 11) is 0. The Morgan fingerprint density at radius 1 is 1.06 bits per heavy atom. The number of aromatic nitrogens is 1. The molecule has 0 spiro atoms. The van der Waals surface area contributed by atoms with Gasteiger partial charge in [0.1, 0.15) is 0 Å². The van der Waals surface area contributed by atoms with Crippen molar-refractivity contribution < 1.29 is 0 Å². The van der Waals surface area contributed by atoms with Gasteiger partial charge in [0.25, 0.3) is 0 Å². The van der Waals surface area contributed by atoms with E-state index in [0.29, 0.717) is 6.04 Å². The monoisotopic (exact) mass is 218 g/mol. The van der Waals surface area contributed by atoms with Gasteiger partial charge in [-0.1, -0.05) is 38.2 Å². The zero-order valence-electron chi connectivity index (χ0n) is 9.99. The highest BCUT2D eigenvalue weighted by Crippen LogP contribution is 2.17. The fourth-order valence-electron chi connectivity index (χ4n) is 2.41. The van der Waals surface area contributed by atoms with E-state index in [4.69, 9.17) is 0 Å². The highest BCUT2D eigenvalue weighted by atomic mass is 14.9. The van der Waals surface area contributed by atoms with E-state index >= 15 is 0 Å². The molecule has 1 aromatic heterocycles. The lowest BCUT2D eigenvalue weighted by atomic mass is 9.97. The molecule has 16 heavy (non-hydrogen) atoms. The molecule has 1 saturated carbocycles. The number of pyridine rings is 1. The zero-order valence-corrected chi connectivity index (χ0v) is 9.99. The molecule has 2 rings (SSSR count). The van der Waals surface area contributed by atoms with Gasteiger partial charge in [0.2, 0.25) is 0 Å². The Labute approximate surface area is 98.5 Å². The van der Waals surface area contributed by atoms with E-state index in [1.54, 1.807) is 0 Å². The molecule has 0 aromatic carbocycles. The Kier molecular flexibility index (Phi) is 4.81. The third-order valence-electron chi connectivity index (χ3n) is 3.40. The van der Waals surface area contributed by atoms with Crippen molar-refractivity contribution in [2.45, 2.75) is 57.5 Å². The molecule has 1 aliphatic rings. The fraction of sp³-hybridized carbons (Fsp3) is 0.643. The van der Waals surface area contributed by atoms with Crippen molar-refractivity contribution in [1.29, 1.82) is 0 Å². The van der Waals surface area contributed by atoms with Gasteiger partial charge in [-0.3, -0.25) is 4.98 Å². The van der Waals surface area contributed by atoms with E-state index in [-0.39, 0.29) is 0 Å². The van der Waals surface area contributed by atoms with E-state index in [9.17, 15) is 0 Å². The second kappa shape index (κ2) is 6.64. The predicted molar refractivity (Wildman–Crippen MR) is 67.2 cm³/mol. The standard InChI is InChI=1S/C14H22N2/c1-2-4-8-13(9-5-3-1)16-12-14-10-6-7-11-15-14/h6-7,10-11,13,16H,1-5,8-9,12H2. The molecule has 1 N–H and O–H groups in total. The van der Waals surface area contributed by atoms with Gasteiger partial charge in [0.05, 0.1) is 5.69 Å². The molecule has 0 radical (unpaired) electrons. The molecule has 0 atom stereocenters. The van der Waals surface area contributed by atoms with Crippen molar-refractivity contribution >= 4 is 0 Å². The molecule has 0 unspecified atom stereocenters. The van der Waals surface area contributed by atoms with E-state index < -0.39 is 0 Å². The van der Waals surface area contributed by atoms with Gasteiger partial charge in [-0.2, -0.15) is 0 Å². The first kappa shape index (κ1) is 11.6. The summed E-state index contributed by atoms with van der Waals surface area (Å²) in [4.78, 5) is 4.34. The molecule has 88 valence electrons. The predicted octanol–water partition coefficient (Wildman–Crippen LogP) is 3.28. The molecule has 0 aliphatic heterocycles. The van der Waals surface area contributed by atoms with Gasteiger partial charge in [-0.25, -0.2) is 0 Å². The van der Waals surface area contributed by atoms with Crippen LogP contribution in [0.3, 0.4) is 0 Å². The van der Waals surface area contributed by atoms with Gasteiger partial charge in [0.15, 0.2) is 0 Å². The molecule has 2 nitrogen and oxygen atoms in total. The van der Waals surface area contributed by atoms with Crippen LogP contribution in [-0.2, 0) is 6.54 Å². The Hall–Kier alpha value is -0.890. The van der Waals surface area contributed by atoms with Crippen LogP contribution < -0.4 is 5.32 Å². The fourth-order valence-corrected chi connectivity index (χ4v) is 2.41. The maximum absolute atomic E-state index is 4.34. The summed E-state index contributed by atoms with van der Waals surface area (Å²) in [6.07, 6.45) is 11.6. The number of hydrogen-bond acceptors (Lipinski definition) is 2. The minimum Gasteiger partial charge on any atom is -0.308 e. The molecule has 0 amide bonds. The summed E-state index contributed by atoms with van der Waals surface area (Å²) in [6, 6.07) is 6.83. The number of nitrogens with zero attached hydrogens (tertiary/aromatic N) is 1. The SMILES string of the molecule is c1ccc(CNC2CCCCCCC2)nc1. The van der Waals surface area contributed by atoms with Gasteiger partial charge in [-0.05, 0) is 25.0 Å². The smallest absolute Gasteiger partial charge is 0.0541 e. The first-order valence-electron chi connectivity index (χ1n) is 6.58. The summed E-state index contributed by atoms with van der Waals surface area (Å²) >= 11 is 0. The Balaban J connectivity index is 1.75. The van der Waals surface area contributed by atoms with Crippen LogP contribution in [0.2, 0.25) is 0 Å². The van der Waals surface area contributed by atoms with Crippen LogP contribution in [0.15, 0.2) is 24.4 Å². The third-order valence-corrected chi connectivity index (χ3v) is 3.40. The lowest BCUT2D eigenvalue weighted by Crippen LogP contribution is -2.29. The summed E-state index contributed by atoms with van der Waals surface area (Å²) < 4.78 is 0. The van der Waals surface area contributed by atoms with E-state index in [1.807, 2.05) is 12.3 Å². The number of nitrogens with one attached hydrogen (secondary N) is 1. The van der Waals surface area contributed by atoms with Crippen molar-refractivity contribution in [3.8, 4) is 0 Å². The second-order valence-corrected chi connectivity index (χ2v) is 4.74. The van der Waals surface area contributed by atoms with Crippen LogP contribution >= 0.6 is 0 Å². The Bertz CT molecular complexity index is 276. The van der Waals surface area contributed by atoms with Crippen LogP contribution in [0.1, 0.15) is 50.6 Å². The largest absolute Gasteiger partial charge is 0.308 e. The highest BCUT2D eigenvalue weighted by molar-refractivity contribution is 5.03. The molecule has 0 saturated heterocycles. The van der Waals surface area contributed by atoms with E-state index in [0.717, 1.165) is 12.2 Å². The summed E-state index contributed by atoms with van der Waals surface area (Å²) in [5.74, 6) is 0.